The van der Waals surface area contributed by atoms with Crippen molar-refractivity contribution in [2.75, 3.05) is 19.3 Å². The molecule has 2 atom stereocenters. The molecular weight excluding hydrogens is 340 g/mol. The van der Waals surface area contributed by atoms with Gasteiger partial charge in [0.1, 0.15) is 23.1 Å². The highest BCUT2D eigenvalue weighted by molar-refractivity contribution is 5.75. The minimum atomic E-state index is -0.920. The number of nitro groups is 1. The Hall–Kier alpha value is -2.39. The second-order valence-corrected chi connectivity index (χ2v) is 6.92. The van der Waals surface area contributed by atoms with Crippen LogP contribution in [0.5, 0.6) is 5.75 Å². The maximum absolute atomic E-state index is 11.2. The summed E-state index contributed by atoms with van der Waals surface area (Å²) in [5.74, 6) is 0.326. The average Bonchev–Trinajstić information content (AvgIpc) is 2.57. The molecule has 0 bridgehead atoms. The topological polar surface area (TPSA) is 140 Å². The molecule has 0 spiro atoms. The zero-order valence-corrected chi connectivity index (χ0v) is 15.2. The van der Waals surface area contributed by atoms with Gasteiger partial charge in [0.25, 0.3) is 5.69 Å². The molecule has 0 aromatic heterocycles. The monoisotopic (exact) mass is 366 g/mol. The molecule has 1 aromatic rings. The zero-order valence-electron chi connectivity index (χ0n) is 15.2. The van der Waals surface area contributed by atoms with Gasteiger partial charge in [-0.2, -0.15) is 0 Å². The molecule has 9 heteroatoms. The quantitative estimate of drug-likeness (QED) is 0.246. The Bertz CT molecular complexity index is 692. The van der Waals surface area contributed by atoms with Crippen LogP contribution in [0.1, 0.15) is 44.7 Å². The van der Waals surface area contributed by atoms with Gasteiger partial charge in [0.05, 0.1) is 17.0 Å². The molecule has 5 N–H and O–H groups in total. The first-order chi connectivity index (χ1) is 12.2. The molecule has 9 nitrogen and oxygen atoms in total. The van der Waals surface area contributed by atoms with Crippen LogP contribution in [0.4, 0.5) is 11.4 Å². The van der Waals surface area contributed by atoms with Crippen LogP contribution in [0.2, 0.25) is 0 Å². The predicted octanol–water partition coefficient (Wildman–Crippen LogP) is 1.26. The van der Waals surface area contributed by atoms with Crippen molar-refractivity contribution in [2.24, 2.45) is 0 Å². The summed E-state index contributed by atoms with van der Waals surface area (Å²) in [5, 5.41) is 27.6. The summed E-state index contributed by atoms with van der Waals surface area (Å²) >= 11 is 0. The first-order valence-corrected chi connectivity index (χ1v) is 8.56. The number of nitrogen functional groups attached to an aromatic ring is 1. The average molecular weight is 366 g/mol. The number of nitro benzene ring substituents is 1. The van der Waals surface area contributed by atoms with E-state index in [1.54, 1.807) is 20.9 Å². The van der Waals surface area contributed by atoms with Crippen molar-refractivity contribution in [3.63, 3.8) is 0 Å². The molecular formula is C17H26N4O5. The number of anilines is 1. The third kappa shape index (κ3) is 4.23. The summed E-state index contributed by atoms with van der Waals surface area (Å²) in [6.07, 6.45) is 1.03. The van der Waals surface area contributed by atoms with Gasteiger partial charge in [-0.3, -0.25) is 14.9 Å². The highest BCUT2D eigenvalue weighted by Crippen LogP contribution is 2.43. The van der Waals surface area contributed by atoms with Crippen LogP contribution in [0.25, 0.3) is 0 Å². The fourth-order valence-electron chi connectivity index (χ4n) is 3.02. The van der Waals surface area contributed by atoms with Crippen LogP contribution in [-0.2, 0) is 4.79 Å². The van der Waals surface area contributed by atoms with E-state index in [4.69, 9.17) is 10.5 Å². The van der Waals surface area contributed by atoms with Gasteiger partial charge in [-0.25, -0.2) is 0 Å². The fraction of sp³-hybridized carbons (Fsp3) is 0.588. The zero-order chi connectivity index (χ0) is 19.5. The van der Waals surface area contributed by atoms with Gasteiger partial charge in [0.15, 0.2) is 0 Å². The number of carbonyl (C=O) groups is 1. The Labute approximate surface area is 152 Å². The molecule has 144 valence electrons. The van der Waals surface area contributed by atoms with Crippen LogP contribution < -0.4 is 21.1 Å². The largest absolute Gasteiger partial charge is 0.484 e. The van der Waals surface area contributed by atoms with Crippen molar-refractivity contribution >= 4 is 17.3 Å². The van der Waals surface area contributed by atoms with Crippen LogP contribution in [-0.4, -0.2) is 41.2 Å². The van der Waals surface area contributed by atoms with Gasteiger partial charge in [-0.05, 0) is 39.3 Å². The van der Waals surface area contributed by atoms with Crippen molar-refractivity contribution in [3.8, 4) is 5.75 Å². The molecule has 0 fully saturated rings. The molecule has 0 saturated carbocycles. The number of nitrogens with one attached hydrogen (secondary N) is 2. The molecule has 1 amide bonds. The van der Waals surface area contributed by atoms with E-state index in [1.165, 1.54) is 12.1 Å². The Balaban J connectivity index is 2.16. The number of aliphatic hydroxyl groups is 1. The number of unbranched alkanes of at least 4 members (excludes halogenated alkanes) is 1. The van der Waals surface area contributed by atoms with E-state index in [-0.39, 0.29) is 17.3 Å². The van der Waals surface area contributed by atoms with Crippen molar-refractivity contribution in [3.05, 3.63) is 27.8 Å². The summed E-state index contributed by atoms with van der Waals surface area (Å²) in [7, 11) is 1.60. The summed E-state index contributed by atoms with van der Waals surface area (Å²) in [6.45, 7) is 4.03. The van der Waals surface area contributed by atoms with E-state index in [0.717, 1.165) is 6.42 Å². The van der Waals surface area contributed by atoms with Gasteiger partial charge in [-0.15, -0.1) is 0 Å². The lowest BCUT2D eigenvalue weighted by Gasteiger charge is -2.42. The van der Waals surface area contributed by atoms with Crippen LogP contribution >= 0.6 is 0 Å². The summed E-state index contributed by atoms with van der Waals surface area (Å²) < 4.78 is 5.78. The van der Waals surface area contributed by atoms with E-state index >= 15 is 0 Å². The van der Waals surface area contributed by atoms with Crippen LogP contribution in [0.3, 0.4) is 0 Å². The van der Waals surface area contributed by atoms with E-state index < -0.39 is 22.7 Å². The minimum absolute atomic E-state index is 0.0114. The third-order valence-corrected chi connectivity index (χ3v) is 4.57. The van der Waals surface area contributed by atoms with Crippen molar-refractivity contribution in [1.29, 1.82) is 0 Å². The molecule has 26 heavy (non-hydrogen) atoms. The number of ether oxygens (including phenoxy) is 1. The summed E-state index contributed by atoms with van der Waals surface area (Å²) in [4.78, 5) is 21.8. The number of hydrogen-bond donors (Lipinski definition) is 4. The minimum Gasteiger partial charge on any atom is -0.484 e. The molecule has 1 aromatic carbocycles. The lowest BCUT2D eigenvalue weighted by atomic mass is 9.86. The lowest BCUT2D eigenvalue weighted by molar-refractivity contribution is -0.384. The summed E-state index contributed by atoms with van der Waals surface area (Å²) in [5.41, 5.74) is 5.27. The molecule has 1 aliphatic heterocycles. The molecule has 2 rings (SSSR count). The van der Waals surface area contributed by atoms with Gasteiger partial charge >= 0.3 is 0 Å². The Morgan fingerprint density at radius 2 is 2.12 bits per heavy atom. The smallest absolute Gasteiger partial charge is 0.295 e. The molecule has 0 aliphatic carbocycles. The van der Waals surface area contributed by atoms with Gasteiger partial charge in [0.2, 0.25) is 5.91 Å². The Morgan fingerprint density at radius 1 is 1.42 bits per heavy atom. The van der Waals surface area contributed by atoms with Crippen LogP contribution in [0.15, 0.2) is 12.1 Å². The molecule has 2 unspecified atom stereocenters. The number of carbonyl (C=O) groups excluding carboxylic acids is 1. The predicted molar refractivity (Wildman–Crippen MR) is 96.9 cm³/mol. The SMILES string of the molecule is CNC(=O)CCCCNC1c2cc(N)c([N+](=O)[O-])cc2OC(C)(C)C1O. The maximum Gasteiger partial charge on any atom is 0.295 e. The Kier molecular flexibility index (Phi) is 6.04. The Morgan fingerprint density at radius 3 is 2.73 bits per heavy atom. The lowest BCUT2D eigenvalue weighted by Crippen LogP contribution is -2.52. The number of hydrogen-bond acceptors (Lipinski definition) is 7. The van der Waals surface area contributed by atoms with Crippen molar-refractivity contribution in [2.45, 2.75) is 50.9 Å². The van der Waals surface area contributed by atoms with Gasteiger partial charge in [0, 0.05) is 19.0 Å². The van der Waals surface area contributed by atoms with Gasteiger partial charge < -0.3 is 26.2 Å². The van der Waals surface area contributed by atoms with Gasteiger partial charge in [-0.1, -0.05) is 0 Å². The number of fused-ring (bicyclic) bond motifs is 1. The summed E-state index contributed by atoms with van der Waals surface area (Å²) in [6, 6.07) is 2.31. The van der Waals surface area contributed by atoms with E-state index in [9.17, 15) is 20.0 Å². The number of nitrogens with two attached hydrogens (primary N) is 1. The second kappa shape index (κ2) is 7.88. The number of amides is 1. The molecule has 0 radical (unpaired) electrons. The fourth-order valence-corrected chi connectivity index (χ4v) is 3.02. The third-order valence-electron chi connectivity index (χ3n) is 4.57. The normalized spacial score (nSPS) is 20.8. The highest BCUT2D eigenvalue weighted by Gasteiger charge is 2.43. The number of rotatable bonds is 7. The standard InChI is InChI=1S/C17H26N4O5/c1-17(2)16(23)15(20-7-5-4-6-14(22)19-3)10-8-11(18)12(21(24)25)9-13(10)26-17/h8-9,15-16,20,23H,4-7,18H2,1-3H3,(H,19,22). The number of benzene rings is 1. The first kappa shape index (κ1) is 19.9. The molecule has 0 saturated heterocycles. The highest BCUT2D eigenvalue weighted by atomic mass is 16.6. The molecule has 1 aliphatic rings. The van der Waals surface area contributed by atoms with E-state index in [0.29, 0.717) is 30.7 Å². The van der Waals surface area contributed by atoms with Crippen molar-refractivity contribution in [1.82, 2.24) is 10.6 Å². The second-order valence-electron chi connectivity index (χ2n) is 6.92. The number of nitrogens with zero attached hydrogens (tertiary/aromatic N) is 1. The van der Waals surface area contributed by atoms with Crippen LogP contribution in [0, 0.1) is 10.1 Å². The van der Waals surface area contributed by atoms with E-state index in [2.05, 4.69) is 10.6 Å². The molecule has 1 heterocycles. The van der Waals surface area contributed by atoms with Crippen molar-refractivity contribution < 1.29 is 19.6 Å². The first-order valence-electron chi connectivity index (χ1n) is 8.56. The number of aliphatic hydroxyl groups excluding tert-OH is 1. The maximum atomic E-state index is 11.2. The van der Waals surface area contributed by atoms with E-state index in [1.807, 2.05) is 0 Å².